The molecule has 2 aromatic heterocycles. The van der Waals surface area contributed by atoms with Crippen LogP contribution in [-0.2, 0) is 11.2 Å². The number of piperidine rings is 1. The molecule has 3 heterocycles. The van der Waals surface area contributed by atoms with E-state index in [9.17, 15) is 9.59 Å². The summed E-state index contributed by atoms with van der Waals surface area (Å²) in [6.07, 6.45) is 10.1. The molecule has 4 rings (SSSR count). The fraction of sp³-hybridized carbons (Fsp3) is 0.292. The van der Waals surface area contributed by atoms with Crippen molar-refractivity contribution < 1.29 is 9.59 Å². The minimum absolute atomic E-state index is 0.0431. The Labute approximate surface area is 181 Å². The average molecular weight is 415 g/mol. The summed E-state index contributed by atoms with van der Waals surface area (Å²) in [6.45, 7) is 0.951. The third-order valence-corrected chi connectivity index (χ3v) is 5.84. The van der Waals surface area contributed by atoms with Crippen LogP contribution in [0.3, 0.4) is 0 Å². The Balaban J connectivity index is 1.61. The van der Waals surface area contributed by atoms with Gasteiger partial charge >= 0.3 is 0 Å². The third-order valence-electron chi connectivity index (χ3n) is 5.84. The number of nitrogens with zero attached hydrogens (tertiary/aromatic N) is 4. The molecule has 0 aliphatic carbocycles. The number of nitrogens with one attached hydrogen (secondary N) is 1. The highest BCUT2D eigenvalue weighted by molar-refractivity contribution is 5.93. The van der Waals surface area contributed by atoms with E-state index in [1.54, 1.807) is 24.3 Å². The summed E-state index contributed by atoms with van der Waals surface area (Å²) in [5.41, 5.74) is 2.83. The number of aromatic nitrogens is 3. The highest BCUT2D eigenvalue weighted by Crippen LogP contribution is 2.35. The SMILES string of the molecule is CNC(=O)[C@]1(Cc2cccc(-c3ccncc3)c2)CCCN(C(=O)c2cnccn2)C1. The van der Waals surface area contributed by atoms with E-state index in [1.807, 2.05) is 24.3 Å². The van der Waals surface area contributed by atoms with Crippen LogP contribution in [0.1, 0.15) is 28.9 Å². The van der Waals surface area contributed by atoms with E-state index in [2.05, 4.69) is 32.4 Å². The number of hydrogen-bond acceptors (Lipinski definition) is 5. The van der Waals surface area contributed by atoms with E-state index in [-0.39, 0.29) is 11.8 Å². The molecule has 1 saturated heterocycles. The molecule has 2 amide bonds. The Morgan fingerprint density at radius 3 is 2.65 bits per heavy atom. The molecule has 31 heavy (non-hydrogen) atoms. The summed E-state index contributed by atoms with van der Waals surface area (Å²) in [5, 5.41) is 2.83. The number of carbonyl (C=O) groups excluding carboxylic acids is 2. The number of amides is 2. The highest BCUT2D eigenvalue weighted by Gasteiger charge is 2.43. The molecule has 1 N–H and O–H groups in total. The second-order valence-corrected chi connectivity index (χ2v) is 7.89. The molecular formula is C24H25N5O2. The van der Waals surface area contributed by atoms with Crippen molar-refractivity contribution in [3.63, 3.8) is 0 Å². The zero-order valence-corrected chi connectivity index (χ0v) is 17.5. The molecule has 1 aliphatic heterocycles. The molecule has 7 heteroatoms. The molecule has 0 bridgehead atoms. The summed E-state index contributed by atoms with van der Waals surface area (Å²) < 4.78 is 0. The van der Waals surface area contributed by atoms with Gasteiger partial charge in [0.25, 0.3) is 5.91 Å². The first-order valence-corrected chi connectivity index (χ1v) is 10.4. The molecule has 1 atom stereocenters. The van der Waals surface area contributed by atoms with Gasteiger partial charge in [-0.2, -0.15) is 0 Å². The molecule has 158 valence electrons. The number of carbonyl (C=O) groups is 2. The van der Waals surface area contributed by atoms with E-state index in [0.717, 1.165) is 29.5 Å². The number of pyridine rings is 1. The van der Waals surface area contributed by atoms with E-state index < -0.39 is 5.41 Å². The Kier molecular flexibility index (Phi) is 6.02. The van der Waals surface area contributed by atoms with Crippen LogP contribution < -0.4 is 5.32 Å². The second kappa shape index (κ2) is 9.04. The van der Waals surface area contributed by atoms with Crippen LogP contribution in [-0.4, -0.2) is 51.8 Å². The molecule has 0 unspecified atom stereocenters. The summed E-state index contributed by atoms with van der Waals surface area (Å²) in [7, 11) is 1.65. The molecule has 3 aromatic rings. The lowest BCUT2D eigenvalue weighted by Gasteiger charge is -2.41. The van der Waals surface area contributed by atoms with Crippen molar-refractivity contribution in [2.24, 2.45) is 5.41 Å². The van der Waals surface area contributed by atoms with Crippen molar-refractivity contribution >= 4 is 11.8 Å². The zero-order valence-electron chi connectivity index (χ0n) is 17.5. The third kappa shape index (κ3) is 4.45. The normalized spacial score (nSPS) is 18.4. The van der Waals surface area contributed by atoms with E-state index in [4.69, 9.17) is 0 Å². The van der Waals surface area contributed by atoms with Gasteiger partial charge in [-0.1, -0.05) is 24.3 Å². The maximum absolute atomic E-state index is 13.1. The van der Waals surface area contributed by atoms with Crippen LogP contribution in [0.15, 0.2) is 67.4 Å². The van der Waals surface area contributed by atoms with E-state index in [0.29, 0.717) is 25.2 Å². The van der Waals surface area contributed by atoms with Crippen molar-refractivity contribution in [2.75, 3.05) is 20.1 Å². The fourth-order valence-electron chi connectivity index (χ4n) is 4.35. The Hall–Kier alpha value is -3.61. The molecule has 1 aliphatic rings. The quantitative estimate of drug-likeness (QED) is 0.692. The summed E-state index contributed by atoms with van der Waals surface area (Å²) in [5.74, 6) is -0.231. The van der Waals surface area contributed by atoms with E-state index in [1.165, 1.54) is 18.6 Å². The average Bonchev–Trinajstić information content (AvgIpc) is 2.84. The van der Waals surface area contributed by atoms with Gasteiger partial charge in [0.2, 0.25) is 5.91 Å². The lowest BCUT2D eigenvalue weighted by molar-refractivity contribution is -0.133. The van der Waals surface area contributed by atoms with Crippen LogP contribution in [0, 0.1) is 5.41 Å². The lowest BCUT2D eigenvalue weighted by Crippen LogP contribution is -2.54. The van der Waals surface area contributed by atoms with Crippen LogP contribution in [0.2, 0.25) is 0 Å². The van der Waals surface area contributed by atoms with Crippen molar-refractivity contribution in [3.05, 3.63) is 78.6 Å². The molecule has 7 nitrogen and oxygen atoms in total. The van der Waals surface area contributed by atoms with Gasteiger partial charge in [-0.05, 0) is 48.1 Å². The first kappa shape index (κ1) is 20.7. The highest BCUT2D eigenvalue weighted by atomic mass is 16.2. The summed E-state index contributed by atoms with van der Waals surface area (Å²) in [4.78, 5) is 40.0. The zero-order chi connectivity index (χ0) is 21.7. The van der Waals surface area contributed by atoms with Gasteiger partial charge in [0.1, 0.15) is 5.69 Å². The van der Waals surface area contributed by atoms with Gasteiger partial charge in [0.05, 0.1) is 11.6 Å². The first-order valence-electron chi connectivity index (χ1n) is 10.4. The molecule has 0 radical (unpaired) electrons. The molecule has 0 spiro atoms. The molecule has 1 aromatic carbocycles. The largest absolute Gasteiger partial charge is 0.359 e. The predicted octanol–water partition coefficient (Wildman–Crippen LogP) is 2.75. The van der Waals surface area contributed by atoms with Crippen molar-refractivity contribution in [1.29, 1.82) is 0 Å². The standard InChI is InChI=1S/C24H25N5O2/c1-25-23(31)24(8-3-13-29(17-24)22(30)21-16-27-11-12-28-21)15-18-4-2-5-20(14-18)19-6-9-26-10-7-19/h2,4-7,9-12,14,16H,3,8,13,15,17H2,1H3,(H,25,31)/t24-/m0/s1. The smallest absolute Gasteiger partial charge is 0.274 e. The fourth-order valence-corrected chi connectivity index (χ4v) is 4.35. The Morgan fingerprint density at radius 2 is 1.90 bits per heavy atom. The van der Waals surface area contributed by atoms with Crippen LogP contribution >= 0.6 is 0 Å². The first-order chi connectivity index (χ1) is 15.1. The number of benzene rings is 1. The Morgan fingerprint density at radius 1 is 1.06 bits per heavy atom. The maximum Gasteiger partial charge on any atom is 0.274 e. The van der Waals surface area contributed by atoms with Gasteiger partial charge in [-0.25, -0.2) is 4.98 Å². The summed E-state index contributed by atoms with van der Waals surface area (Å²) >= 11 is 0. The van der Waals surface area contributed by atoms with Crippen molar-refractivity contribution in [3.8, 4) is 11.1 Å². The molecule has 0 saturated carbocycles. The number of rotatable bonds is 5. The van der Waals surface area contributed by atoms with Gasteiger partial charge in [-0.15, -0.1) is 0 Å². The Bertz CT molecular complexity index is 1060. The summed E-state index contributed by atoms with van der Waals surface area (Å²) in [6, 6.07) is 12.2. The molecular weight excluding hydrogens is 390 g/mol. The lowest BCUT2D eigenvalue weighted by atomic mass is 9.74. The van der Waals surface area contributed by atoms with Crippen LogP contribution in [0.25, 0.3) is 11.1 Å². The van der Waals surface area contributed by atoms with Crippen molar-refractivity contribution in [2.45, 2.75) is 19.3 Å². The van der Waals surface area contributed by atoms with Crippen molar-refractivity contribution in [1.82, 2.24) is 25.2 Å². The van der Waals surface area contributed by atoms with Crippen LogP contribution in [0.4, 0.5) is 0 Å². The van der Waals surface area contributed by atoms with Gasteiger partial charge < -0.3 is 10.2 Å². The molecule has 1 fully saturated rings. The topological polar surface area (TPSA) is 88.1 Å². The van der Waals surface area contributed by atoms with E-state index >= 15 is 0 Å². The predicted molar refractivity (Wildman–Crippen MR) is 117 cm³/mol. The minimum atomic E-state index is -0.693. The van der Waals surface area contributed by atoms with Crippen LogP contribution in [0.5, 0.6) is 0 Å². The second-order valence-electron chi connectivity index (χ2n) is 7.89. The maximum atomic E-state index is 13.1. The van der Waals surface area contributed by atoms with Gasteiger partial charge in [0, 0.05) is 44.9 Å². The number of likely N-dealkylation sites (tertiary alicyclic amines) is 1. The minimum Gasteiger partial charge on any atom is -0.359 e. The van der Waals surface area contributed by atoms with Gasteiger partial charge in [-0.3, -0.25) is 19.6 Å². The van der Waals surface area contributed by atoms with Gasteiger partial charge in [0.15, 0.2) is 0 Å². The monoisotopic (exact) mass is 415 g/mol. The number of hydrogen-bond donors (Lipinski definition) is 1.